The van der Waals surface area contributed by atoms with Crippen molar-refractivity contribution in [3.8, 4) is 0 Å². The molecule has 0 saturated heterocycles. The second kappa shape index (κ2) is 6.38. The van der Waals surface area contributed by atoms with Gasteiger partial charge < -0.3 is 10.4 Å². The molecule has 1 heterocycles. The van der Waals surface area contributed by atoms with Crippen LogP contribution in [-0.2, 0) is 0 Å². The van der Waals surface area contributed by atoms with E-state index < -0.39 is 5.97 Å². The monoisotopic (exact) mass is 248 g/mol. The Labute approximate surface area is 107 Å². The molecule has 0 radical (unpaired) electrons. The average Bonchev–Trinajstić information content (AvgIpc) is 2.88. The van der Waals surface area contributed by atoms with E-state index in [-0.39, 0.29) is 0 Å². The summed E-state index contributed by atoms with van der Waals surface area (Å²) in [6.07, 6.45) is 10.9. The zero-order chi connectivity index (χ0) is 12.8. The summed E-state index contributed by atoms with van der Waals surface area (Å²) < 4.78 is 0. The number of anilines is 1. The van der Waals surface area contributed by atoms with Crippen LogP contribution in [0.15, 0.2) is 18.5 Å². The van der Waals surface area contributed by atoms with Gasteiger partial charge in [0.1, 0.15) is 0 Å². The van der Waals surface area contributed by atoms with Crippen molar-refractivity contribution < 1.29 is 9.90 Å². The van der Waals surface area contributed by atoms with Gasteiger partial charge in [0.2, 0.25) is 0 Å². The summed E-state index contributed by atoms with van der Waals surface area (Å²) >= 11 is 0. The Morgan fingerprint density at radius 2 is 2.22 bits per heavy atom. The smallest absolute Gasteiger partial charge is 0.337 e. The molecule has 0 unspecified atom stereocenters. The van der Waals surface area contributed by atoms with Crippen molar-refractivity contribution in [2.75, 3.05) is 11.9 Å². The molecule has 1 fully saturated rings. The molecule has 1 aliphatic carbocycles. The van der Waals surface area contributed by atoms with Gasteiger partial charge in [-0.25, -0.2) is 4.79 Å². The molecule has 4 heteroatoms. The molecular formula is C14H20N2O2. The Balaban J connectivity index is 1.77. The normalized spacial score (nSPS) is 15.8. The molecule has 0 spiro atoms. The van der Waals surface area contributed by atoms with Gasteiger partial charge in [-0.05, 0) is 24.8 Å². The summed E-state index contributed by atoms with van der Waals surface area (Å²) in [5.41, 5.74) is 0.919. The number of carbonyl (C=O) groups is 1. The van der Waals surface area contributed by atoms with Gasteiger partial charge in [-0.3, -0.25) is 4.98 Å². The van der Waals surface area contributed by atoms with Gasteiger partial charge in [0, 0.05) is 12.7 Å². The van der Waals surface area contributed by atoms with Crippen LogP contribution >= 0.6 is 0 Å². The van der Waals surface area contributed by atoms with Crippen molar-refractivity contribution in [3.05, 3.63) is 24.0 Å². The van der Waals surface area contributed by atoms with Crippen LogP contribution in [0.25, 0.3) is 0 Å². The van der Waals surface area contributed by atoms with Crippen molar-refractivity contribution in [1.82, 2.24) is 4.98 Å². The standard InChI is InChI=1S/C14H20N2O2/c17-14(18)12-7-9-15-10-13(12)16-8-3-6-11-4-1-2-5-11/h7,9-11,16H,1-6,8H2,(H,17,18). The van der Waals surface area contributed by atoms with E-state index in [2.05, 4.69) is 10.3 Å². The highest BCUT2D eigenvalue weighted by Gasteiger charge is 2.14. The molecule has 1 aromatic rings. The summed E-state index contributed by atoms with van der Waals surface area (Å²) in [6, 6.07) is 1.53. The first-order valence-corrected chi connectivity index (χ1v) is 6.68. The predicted molar refractivity (Wildman–Crippen MR) is 70.9 cm³/mol. The number of hydrogen-bond donors (Lipinski definition) is 2. The maximum absolute atomic E-state index is 11.0. The number of rotatable bonds is 6. The van der Waals surface area contributed by atoms with E-state index in [0.29, 0.717) is 11.3 Å². The van der Waals surface area contributed by atoms with Crippen LogP contribution in [-0.4, -0.2) is 22.6 Å². The molecule has 18 heavy (non-hydrogen) atoms. The van der Waals surface area contributed by atoms with E-state index in [1.807, 2.05) is 0 Å². The lowest BCUT2D eigenvalue weighted by Crippen LogP contribution is -2.09. The van der Waals surface area contributed by atoms with E-state index >= 15 is 0 Å². The van der Waals surface area contributed by atoms with Crippen LogP contribution in [0.2, 0.25) is 0 Å². The quantitative estimate of drug-likeness (QED) is 0.759. The number of nitrogens with one attached hydrogen (secondary N) is 1. The molecule has 0 atom stereocenters. The molecular weight excluding hydrogens is 228 g/mol. The van der Waals surface area contributed by atoms with Crippen molar-refractivity contribution in [2.24, 2.45) is 5.92 Å². The number of carboxylic acid groups (broad SMARTS) is 1. The first kappa shape index (κ1) is 12.9. The summed E-state index contributed by atoms with van der Waals surface area (Å²) in [6.45, 7) is 0.822. The number of aromatic carboxylic acids is 1. The fourth-order valence-electron chi connectivity index (χ4n) is 2.63. The number of nitrogens with zero attached hydrogens (tertiary/aromatic N) is 1. The van der Waals surface area contributed by atoms with Crippen LogP contribution in [0.3, 0.4) is 0 Å². The number of carboxylic acids is 1. The molecule has 0 aliphatic heterocycles. The van der Waals surface area contributed by atoms with Gasteiger partial charge in [-0.15, -0.1) is 0 Å². The summed E-state index contributed by atoms with van der Waals surface area (Å²) in [7, 11) is 0. The molecule has 2 N–H and O–H groups in total. The van der Waals surface area contributed by atoms with Crippen LogP contribution in [0, 0.1) is 5.92 Å². The van der Waals surface area contributed by atoms with Crippen molar-refractivity contribution in [3.63, 3.8) is 0 Å². The highest BCUT2D eigenvalue weighted by molar-refractivity contribution is 5.93. The van der Waals surface area contributed by atoms with Crippen LogP contribution in [0.4, 0.5) is 5.69 Å². The average molecular weight is 248 g/mol. The SMILES string of the molecule is O=C(O)c1ccncc1NCCCC1CCCC1. The Morgan fingerprint density at radius 3 is 2.94 bits per heavy atom. The molecule has 1 saturated carbocycles. The van der Waals surface area contributed by atoms with E-state index in [4.69, 9.17) is 5.11 Å². The topological polar surface area (TPSA) is 62.2 Å². The first-order chi connectivity index (χ1) is 8.77. The molecule has 2 rings (SSSR count). The van der Waals surface area contributed by atoms with Gasteiger partial charge in [-0.2, -0.15) is 0 Å². The van der Waals surface area contributed by atoms with E-state index in [1.54, 1.807) is 6.20 Å². The highest BCUT2D eigenvalue weighted by Crippen LogP contribution is 2.28. The van der Waals surface area contributed by atoms with E-state index in [1.165, 1.54) is 44.4 Å². The maximum Gasteiger partial charge on any atom is 0.337 e. The minimum Gasteiger partial charge on any atom is -0.478 e. The molecule has 1 aromatic heterocycles. The molecule has 1 aliphatic rings. The van der Waals surface area contributed by atoms with Gasteiger partial charge in [0.05, 0.1) is 17.4 Å². The minimum absolute atomic E-state index is 0.297. The van der Waals surface area contributed by atoms with Gasteiger partial charge >= 0.3 is 5.97 Å². The summed E-state index contributed by atoms with van der Waals surface area (Å²) in [4.78, 5) is 15.0. The van der Waals surface area contributed by atoms with Crippen molar-refractivity contribution >= 4 is 11.7 Å². The molecule has 0 aromatic carbocycles. The fourth-order valence-corrected chi connectivity index (χ4v) is 2.63. The Kier molecular flexibility index (Phi) is 4.56. The van der Waals surface area contributed by atoms with E-state index in [9.17, 15) is 4.79 Å². The number of pyridine rings is 1. The van der Waals surface area contributed by atoms with Gasteiger partial charge in [0.25, 0.3) is 0 Å². The van der Waals surface area contributed by atoms with Gasteiger partial charge in [0.15, 0.2) is 0 Å². The zero-order valence-corrected chi connectivity index (χ0v) is 10.6. The Hall–Kier alpha value is -1.58. The van der Waals surface area contributed by atoms with Crippen molar-refractivity contribution in [2.45, 2.75) is 38.5 Å². The number of aromatic nitrogens is 1. The highest BCUT2D eigenvalue weighted by atomic mass is 16.4. The third kappa shape index (κ3) is 3.45. The Morgan fingerprint density at radius 1 is 1.44 bits per heavy atom. The van der Waals surface area contributed by atoms with E-state index in [0.717, 1.165) is 18.9 Å². The van der Waals surface area contributed by atoms with Crippen LogP contribution in [0.1, 0.15) is 48.9 Å². The molecule has 0 bridgehead atoms. The molecule has 98 valence electrons. The second-order valence-corrected chi connectivity index (χ2v) is 4.95. The lowest BCUT2D eigenvalue weighted by atomic mass is 10.0. The zero-order valence-electron chi connectivity index (χ0n) is 10.6. The second-order valence-electron chi connectivity index (χ2n) is 4.95. The lowest BCUT2D eigenvalue weighted by Gasteiger charge is -2.11. The number of hydrogen-bond acceptors (Lipinski definition) is 3. The third-order valence-electron chi connectivity index (χ3n) is 3.63. The summed E-state index contributed by atoms with van der Waals surface area (Å²) in [5, 5.41) is 12.2. The van der Waals surface area contributed by atoms with Gasteiger partial charge in [-0.1, -0.05) is 25.7 Å². The van der Waals surface area contributed by atoms with Crippen LogP contribution < -0.4 is 5.32 Å². The van der Waals surface area contributed by atoms with Crippen LogP contribution in [0.5, 0.6) is 0 Å². The molecule has 0 amide bonds. The minimum atomic E-state index is -0.907. The first-order valence-electron chi connectivity index (χ1n) is 6.68. The fraction of sp³-hybridized carbons (Fsp3) is 0.571. The largest absolute Gasteiger partial charge is 0.478 e. The maximum atomic E-state index is 11.0. The molecule has 4 nitrogen and oxygen atoms in total. The lowest BCUT2D eigenvalue weighted by molar-refractivity contribution is 0.0698. The Bertz CT molecular complexity index is 401. The predicted octanol–water partition coefficient (Wildman–Crippen LogP) is 3.16. The third-order valence-corrected chi connectivity index (χ3v) is 3.63. The summed E-state index contributed by atoms with van der Waals surface area (Å²) in [5.74, 6) is -0.0182. The van der Waals surface area contributed by atoms with Crippen molar-refractivity contribution in [1.29, 1.82) is 0 Å².